The van der Waals surface area contributed by atoms with Crippen molar-refractivity contribution in [1.29, 1.82) is 5.41 Å². The Hall–Kier alpha value is -1.43. The first-order valence-corrected chi connectivity index (χ1v) is 5.04. The predicted molar refractivity (Wildman–Crippen MR) is 54.3 cm³/mol. The molecule has 1 amide bonds. The van der Waals surface area contributed by atoms with E-state index in [-0.39, 0.29) is 11.6 Å². The second kappa shape index (κ2) is 3.75. The molecule has 0 bridgehead atoms. The summed E-state index contributed by atoms with van der Waals surface area (Å²) in [5, 5.41) is 7.43. The zero-order valence-corrected chi connectivity index (χ0v) is 8.12. The molecule has 14 heavy (non-hydrogen) atoms. The molecule has 1 saturated heterocycles. The van der Waals surface area contributed by atoms with Crippen LogP contribution in [0, 0.1) is 5.41 Å². The topological polar surface area (TPSA) is 69.9 Å². The highest BCUT2D eigenvalue weighted by Gasteiger charge is 2.26. The van der Waals surface area contributed by atoms with Gasteiger partial charge in [-0.05, 0) is 11.9 Å². The Morgan fingerprint density at radius 1 is 1.57 bits per heavy atom. The molecule has 5 nitrogen and oxygen atoms in total. The Kier molecular flexibility index (Phi) is 2.45. The number of aromatic nitrogens is 2. The lowest BCUT2D eigenvalue weighted by molar-refractivity contribution is -0.111. The second-order valence-corrected chi connectivity index (χ2v) is 3.76. The number of rotatable bonds is 1. The summed E-state index contributed by atoms with van der Waals surface area (Å²) in [5.74, 6) is 1.01. The smallest absolute Gasteiger partial charge is 0.283 e. The average Bonchev–Trinajstić information content (AvgIpc) is 2.23. The van der Waals surface area contributed by atoms with Gasteiger partial charge in [0.15, 0.2) is 0 Å². The van der Waals surface area contributed by atoms with Gasteiger partial charge in [-0.2, -0.15) is 0 Å². The maximum Gasteiger partial charge on any atom is 0.283 e. The molecular weight excluding hydrogens is 200 g/mol. The van der Waals surface area contributed by atoms with Crippen molar-refractivity contribution in [3.8, 4) is 0 Å². The average molecular weight is 208 g/mol. The first-order valence-electron chi connectivity index (χ1n) is 4.10. The fourth-order valence-corrected chi connectivity index (χ4v) is 2.05. The van der Waals surface area contributed by atoms with Crippen molar-refractivity contribution in [1.82, 2.24) is 9.97 Å². The molecule has 72 valence electrons. The first-order chi connectivity index (χ1) is 6.79. The maximum absolute atomic E-state index is 11.5. The van der Waals surface area contributed by atoms with Crippen LogP contribution in [0.4, 0.5) is 5.82 Å². The Morgan fingerprint density at radius 3 is 3.14 bits per heavy atom. The first kappa shape index (κ1) is 9.14. The van der Waals surface area contributed by atoms with Gasteiger partial charge in [0.05, 0.1) is 5.71 Å². The number of carbonyl (C=O) groups is 1. The van der Waals surface area contributed by atoms with E-state index in [9.17, 15) is 4.79 Å². The Labute approximate surface area is 85.2 Å². The summed E-state index contributed by atoms with van der Waals surface area (Å²) < 4.78 is 1.44. The van der Waals surface area contributed by atoms with Gasteiger partial charge in [-0.1, -0.05) is 0 Å². The van der Waals surface area contributed by atoms with E-state index in [1.54, 1.807) is 12.3 Å². The van der Waals surface area contributed by atoms with Gasteiger partial charge in [0, 0.05) is 24.4 Å². The van der Waals surface area contributed by atoms with Crippen molar-refractivity contribution in [3.63, 3.8) is 0 Å². The minimum absolute atomic E-state index is 0.141. The molecule has 0 atom stereocenters. The third-order valence-corrected chi connectivity index (χ3v) is 2.79. The minimum Gasteiger partial charge on any atom is -0.300 e. The van der Waals surface area contributed by atoms with Crippen LogP contribution in [0.25, 0.3) is 0 Å². The van der Waals surface area contributed by atoms with Crippen LogP contribution in [0.3, 0.4) is 0 Å². The van der Waals surface area contributed by atoms with Gasteiger partial charge < -0.3 is 0 Å². The van der Waals surface area contributed by atoms with Crippen molar-refractivity contribution >= 4 is 29.4 Å². The Bertz CT molecular complexity index is 367. The number of hydrogen-bond donors (Lipinski definition) is 1. The number of anilines is 1. The van der Waals surface area contributed by atoms with E-state index in [1.165, 1.54) is 22.6 Å². The van der Waals surface area contributed by atoms with Crippen molar-refractivity contribution in [2.24, 2.45) is 0 Å². The number of nitrogens with zero attached hydrogens (tertiary/aromatic N) is 3. The summed E-state index contributed by atoms with van der Waals surface area (Å²) in [6, 6.07) is 1.66. The second-order valence-electron chi connectivity index (χ2n) is 2.73. The van der Waals surface area contributed by atoms with Crippen molar-refractivity contribution in [3.05, 3.63) is 18.6 Å². The summed E-state index contributed by atoms with van der Waals surface area (Å²) in [5.41, 5.74) is 0.141. The number of hydrogen-bond acceptors (Lipinski definition) is 5. The minimum atomic E-state index is -0.278. The van der Waals surface area contributed by atoms with Gasteiger partial charge >= 0.3 is 0 Å². The highest BCUT2D eigenvalue weighted by atomic mass is 32.2. The van der Waals surface area contributed by atoms with E-state index in [2.05, 4.69) is 9.97 Å². The van der Waals surface area contributed by atoms with Gasteiger partial charge in [-0.25, -0.2) is 14.3 Å². The van der Waals surface area contributed by atoms with Crippen LogP contribution < -0.4 is 4.31 Å². The zero-order chi connectivity index (χ0) is 9.97. The van der Waals surface area contributed by atoms with Crippen LogP contribution in [-0.2, 0) is 4.79 Å². The lowest BCUT2D eigenvalue weighted by atomic mass is 10.3. The highest BCUT2D eigenvalue weighted by molar-refractivity contribution is 8.01. The molecule has 1 aliphatic heterocycles. The summed E-state index contributed by atoms with van der Waals surface area (Å²) in [4.78, 5) is 19.3. The van der Waals surface area contributed by atoms with Crippen LogP contribution in [0.1, 0.15) is 6.42 Å². The molecule has 1 N–H and O–H groups in total. The number of amides is 1. The van der Waals surface area contributed by atoms with Crippen molar-refractivity contribution in [2.75, 3.05) is 10.1 Å². The van der Waals surface area contributed by atoms with Crippen molar-refractivity contribution in [2.45, 2.75) is 6.42 Å². The normalized spacial score (nSPS) is 17.3. The fraction of sp³-hybridized carbons (Fsp3) is 0.250. The molecule has 0 spiro atoms. The van der Waals surface area contributed by atoms with Crippen LogP contribution in [0.5, 0.6) is 0 Å². The molecule has 0 aliphatic carbocycles. The van der Waals surface area contributed by atoms with Crippen LogP contribution in [-0.4, -0.2) is 27.3 Å². The van der Waals surface area contributed by atoms with Crippen LogP contribution in [0.15, 0.2) is 18.6 Å². The molecule has 0 unspecified atom stereocenters. The molecule has 1 fully saturated rings. The van der Waals surface area contributed by atoms with Gasteiger partial charge in [0.25, 0.3) is 5.91 Å². The summed E-state index contributed by atoms with van der Waals surface area (Å²) in [6.07, 6.45) is 3.50. The van der Waals surface area contributed by atoms with Crippen molar-refractivity contribution < 1.29 is 4.79 Å². The highest BCUT2D eigenvalue weighted by Crippen LogP contribution is 2.24. The van der Waals surface area contributed by atoms with E-state index in [0.29, 0.717) is 12.2 Å². The van der Waals surface area contributed by atoms with Gasteiger partial charge in [0.1, 0.15) is 12.1 Å². The predicted octanol–water partition coefficient (Wildman–Crippen LogP) is 0.881. The molecule has 6 heteroatoms. The zero-order valence-electron chi connectivity index (χ0n) is 7.30. The van der Waals surface area contributed by atoms with E-state index in [1.807, 2.05) is 0 Å². The molecule has 0 saturated carbocycles. The lowest BCUT2D eigenvalue weighted by Crippen LogP contribution is -2.36. The summed E-state index contributed by atoms with van der Waals surface area (Å²) in [7, 11) is 0. The van der Waals surface area contributed by atoms with E-state index < -0.39 is 0 Å². The van der Waals surface area contributed by atoms with Gasteiger partial charge in [-0.15, -0.1) is 0 Å². The van der Waals surface area contributed by atoms with Crippen LogP contribution >= 0.6 is 11.9 Å². The molecule has 1 aromatic heterocycles. The molecule has 1 aliphatic rings. The monoisotopic (exact) mass is 208 g/mol. The fourth-order valence-electron chi connectivity index (χ4n) is 1.10. The maximum atomic E-state index is 11.5. The SMILES string of the molecule is N=C1CCSN(c2ccncn2)C1=O. The molecular formula is C8H8N4OS. The molecule has 2 heterocycles. The third kappa shape index (κ3) is 1.60. The largest absolute Gasteiger partial charge is 0.300 e. The lowest BCUT2D eigenvalue weighted by Gasteiger charge is -2.24. The van der Waals surface area contributed by atoms with Gasteiger partial charge in [-0.3, -0.25) is 10.2 Å². The molecule has 2 rings (SSSR count). The Balaban J connectivity index is 2.26. The quantitative estimate of drug-likeness (QED) is 0.695. The third-order valence-electron chi connectivity index (χ3n) is 1.79. The Morgan fingerprint density at radius 2 is 2.43 bits per heavy atom. The van der Waals surface area contributed by atoms with E-state index in [0.717, 1.165) is 5.75 Å². The number of carbonyl (C=O) groups excluding carboxylic acids is 1. The molecule has 0 radical (unpaired) electrons. The van der Waals surface area contributed by atoms with E-state index in [4.69, 9.17) is 5.41 Å². The molecule has 0 aromatic carbocycles. The van der Waals surface area contributed by atoms with Gasteiger partial charge in [0.2, 0.25) is 0 Å². The van der Waals surface area contributed by atoms with E-state index >= 15 is 0 Å². The standard InChI is InChI=1S/C8H8N4OS/c9-6-2-4-14-12(8(6)13)7-1-3-10-5-11-7/h1,3,5,9H,2,4H2. The summed E-state index contributed by atoms with van der Waals surface area (Å²) >= 11 is 1.38. The summed E-state index contributed by atoms with van der Waals surface area (Å²) in [6.45, 7) is 0. The molecule has 1 aromatic rings. The van der Waals surface area contributed by atoms with Crippen LogP contribution in [0.2, 0.25) is 0 Å². The number of nitrogens with one attached hydrogen (secondary N) is 1.